The molecule has 0 saturated heterocycles. The van der Waals surface area contributed by atoms with Gasteiger partial charge in [0.1, 0.15) is 10.7 Å². The number of aromatic nitrogens is 2. The van der Waals surface area contributed by atoms with Crippen molar-refractivity contribution in [2.45, 2.75) is 24.3 Å². The fourth-order valence-corrected chi connectivity index (χ4v) is 4.90. The first-order chi connectivity index (χ1) is 12.3. The number of nitrogens with zero attached hydrogens (tertiary/aromatic N) is 2. The van der Waals surface area contributed by atoms with E-state index < -0.39 is 0 Å². The lowest BCUT2D eigenvalue weighted by Gasteiger charge is -2.18. The number of benzene rings is 2. The molecular formula is C20H16N2O2S. The van der Waals surface area contributed by atoms with E-state index in [9.17, 15) is 4.79 Å². The number of ether oxygens (including phenoxy) is 1. The van der Waals surface area contributed by atoms with Crippen LogP contribution in [0.3, 0.4) is 0 Å². The molecule has 1 aromatic heterocycles. The van der Waals surface area contributed by atoms with E-state index in [1.165, 1.54) is 17.3 Å². The van der Waals surface area contributed by atoms with Gasteiger partial charge in [-0.15, -0.1) is 0 Å². The van der Waals surface area contributed by atoms with Crippen molar-refractivity contribution in [1.82, 2.24) is 9.55 Å². The van der Waals surface area contributed by atoms with Gasteiger partial charge in [-0.2, -0.15) is 0 Å². The summed E-state index contributed by atoms with van der Waals surface area (Å²) < 4.78 is 7.62. The Morgan fingerprint density at radius 2 is 2.04 bits per heavy atom. The van der Waals surface area contributed by atoms with Gasteiger partial charge in [-0.1, -0.05) is 42.1 Å². The van der Waals surface area contributed by atoms with Crippen molar-refractivity contribution < 1.29 is 9.53 Å². The highest BCUT2D eigenvalue weighted by Crippen LogP contribution is 2.51. The Kier molecular flexibility index (Phi) is 3.25. The molecule has 2 aliphatic heterocycles. The predicted octanol–water partition coefficient (Wildman–Crippen LogP) is 4.41. The minimum atomic E-state index is -0.251. The number of esters is 1. The van der Waals surface area contributed by atoms with E-state index in [0.717, 1.165) is 33.7 Å². The van der Waals surface area contributed by atoms with Crippen LogP contribution < -0.4 is 0 Å². The molecule has 124 valence electrons. The van der Waals surface area contributed by atoms with Crippen molar-refractivity contribution in [3.8, 4) is 0 Å². The fraction of sp³-hybridized carbons (Fsp3) is 0.200. The number of rotatable bonds is 2. The Bertz CT molecular complexity index is 1050. The standard InChI is InChI=1S/C20H16N2O2S/c1-2-24-20(23)18-13-11-16(12-7-3-6-10-17(12)25-18)22-15-9-5-4-8-14(15)21-19(13)22/h3-10,16H,2,11H2,1H3. The molecule has 0 amide bonds. The molecule has 1 unspecified atom stereocenters. The van der Waals surface area contributed by atoms with Crippen LogP contribution in [0.1, 0.15) is 30.8 Å². The van der Waals surface area contributed by atoms with E-state index in [-0.39, 0.29) is 12.0 Å². The fourth-order valence-electron chi connectivity index (χ4n) is 3.77. The monoisotopic (exact) mass is 348 g/mol. The summed E-state index contributed by atoms with van der Waals surface area (Å²) in [5.41, 5.74) is 4.32. The van der Waals surface area contributed by atoms with E-state index in [2.05, 4.69) is 28.8 Å². The molecule has 2 aliphatic rings. The zero-order chi connectivity index (χ0) is 17.0. The summed E-state index contributed by atoms with van der Waals surface area (Å²) in [4.78, 5) is 19.3. The third-order valence-corrected chi connectivity index (χ3v) is 6.01. The maximum absolute atomic E-state index is 12.6. The Hall–Kier alpha value is -2.53. The van der Waals surface area contributed by atoms with Crippen LogP contribution in [-0.2, 0) is 9.53 Å². The van der Waals surface area contributed by atoms with Gasteiger partial charge in [0, 0.05) is 16.9 Å². The number of imidazole rings is 1. The second-order valence-corrected chi connectivity index (χ2v) is 7.23. The lowest BCUT2D eigenvalue weighted by molar-refractivity contribution is -0.137. The summed E-state index contributed by atoms with van der Waals surface area (Å²) in [7, 11) is 0. The normalized spacial score (nSPS) is 18.0. The van der Waals surface area contributed by atoms with Gasteiger partial charge in [0.25, 0.3) is 0 Å². The van der Waals surface area contributed by atoms with Crippen LogP contribution in [0.25, 0.3) is 16.6 Å². The van der Waals surface area contributed by atoms with Crippen LogP contribution in [0.15, 0.2) is 58.3 Å². The average Bonchev–Trinajstić information content (AvgIpc) is 3.11. The molecule has 0 fully saturated rings. The highest BCUT2D eigenvalue weighted by atomic mass is 32.2. The third kappa shape index (κ3) is 2.09. The molecule has 0 spiro atoms. The molecule has 2 bridgehead atoms. The Morgan fingerprint density at radius 1 is 1.24 bits per heavy atom. The van der Waals surface area contributed by atoms with E-state index in [0.29, 0.717) is 11.5 Å². The first kappa shape index (κ1) is 14.8. The van der Waals surface area contributed by atoms with Gasteiger partial charge < -0.3 is 9.30 Å². The van der Waals surface area contributed by atoms with Crippen molar-refractivity contribution in [3.05, 3.63) is 64.8 Å². The zero-order valence-corrected chi connectivity index (χ0v) is 14.5. The third-order valence-electron chi connectivity index (χ3n) is 4.80. The molecule has 0 saturated carbocycles. The number of thioether (sulfide) groups is 1. The molecule has 25 heavy (non-hydrogen) atoms. The first-order valence-corrected chi connectivity index (χ1v) is 9.24. The molecule has 5 heteroatoms. The zero-order valence-electron chi connectivity index (χ0n) is 13.7. The van der Waals surface area contributed by atoms with E-state index >= 15 is 0 Å². The van der Waals surface area contributed by atoms with Crippen molar-refractivity contribution in [1.29, 1.82) is 0 Å². The SMILES string of the molecule is CCOC(=O)C1=C2CC(c3ccccc3S1)n1c2nc2ccccc21. The van der Waals surface area contributed by atoms with Crippen molar-refractivity contribution in [2.75, 3.05) is 6.61 Å². The van der Waals surface area contributed by atoms with Gasteiger partial charge in [-0.05, 0) is 30.7 Å². The molecule has 0 N–H and O–H groups in total. The number of fused-ring (bicyclic) bond motifs is 9. The van der Waals surface area contributed by atoms with E-state index in [4.69, 9.17) is 9.72 Å². The molecule has 0 aliphatic carbocycles. The molecule has 5 rings (SSSR count). The molecule has 0 radical (unpaired) electrons. The first-order valence-electron chi connectivity index (χ1n) is 8.42. The predicted molar refractivity (Wildman–Crippen MR) is 98.3 cm³/mol. The summed E-state index contributed by atoms with van der Waals surface area (Å²) >= 11 is 1.51. The van der Waals surface area contributed by atoms with Gasteiger partial charge in [-0.3, -0.25) is 0 Å². The highest BCUT2D eigenvalue weighted by Gasteiger charge is 2.38. The molecular weight excluding hydrogens is 332 g/mol. The summed E-state index contributed by atoms with van der Waals surface area (Å²) in [6, 6.07) is 16.7. The molecule has 2 aromatic carbocycles. The van der Waals surface area contributed by atoms with Crippen LogP contribution in [0.2, 0.25) is 0 Å². The number of carbonyl (C=O) groups excluding carboxylic acids is 1. The maximum Gasteiger partial charge on any atom is 0.345 e. The van der Waals surface area contributed by atoms with Crippen LogP contribution in [0.5, 0.6) is 0 Å². The van der Waals surface area contributed by atoms with Gasteiger partial charge in [0.2, 0.25) is 0 Å². The quantitative estimate of drug-likeness (QED) is 0.644. The van der Waals surface area contributed by atoms with Gasteiger partial charge >= 0.3 is 5.97 Å². The van der Waals surface area contributed by atoms with Crippen molar-refractivity contribution >= 4 is 34.3 Å². The second kappa shape index (κ2) is 5.49. The molecule has 1 atom stereocenters. The molecule has 4 nitrogen and oxygen atoms in total. The lowest BCUT2D eigenvalue weighted by Crippen LogP contribution is -2.09. The number of para-hydroxylation sites is 2. The van der Waals surface area contributed by atoms with Crippen LogP contribution in [0, 0.1) is 0 Å². The van der Waals surface area contributed by atoms with E-state index in [1.54, 1.807) is 0 Å². The summed E-state index contributed by atoms with van der Waals surface area (Å²) in [6.45, 7) is 2.21. The van der Waals surface area contributed by atoms with Crippen LogP contribution in [0.4, 0.5) is 0 Å². The smallest absolute Gasteiger partial charge is 0.345 e. The van der Waals surface area contributed by atoms with Gasteiger partial charge in [-0.25, -0.2) is 9.78 Å². The Morgan fingerprint density at radius 3 is 2.92 bits per heavy atom. The summed E-state index contributed by atoms with van der Waals surface area (Å²) in [6.07, 6.45) is 0.783. The number of carbonyl (C=O) groups is 1. The Labute approximate surface area is 149 Å². The van der Waals surface area contributed by atoms with Gasteiger partial charge in [0.15, 0.2) is 0 Å². The number of hydrogen-bond donors (Lipinski definition) is 0. The highest BCUT2D eigenvalue weighted by molar-refractivity contribution is 8.04. The van der Waals surface area contributed by atoms with Crippen LogP contribution in [-0.4, -0.2) is 22.1 Å². The number of allylic oxidation sites excluding steroid dienone is 1. The largest absolute Gasteiger partial charge is 0.462 e. The average molecular weight is 348 g/mol. The number of hydrogen-bond acceptors (Lipinski definition) is 4. The maximum atomic E-state index is 12.6. The Balaban J connectivity index is 1.83. The summed E-state index contributed by atoms with van der Waals surface area (Å²) in [5, 5.41) is 0. The minimum absolute atomic E-state index is 0.174. The van der Waals surface area contributed by atoms with Crippen molar-refractivity contribution in [3.63, 3.8) is 0 Å². The van der Waals surface area contributed by atoms with Crippen molar-refractivity contribution in [2.24, 2.45) is 0 Å². The van der Waals surface area contributed by atoms with E-state index in [1.807, 2.05) is 31.2 Å². The lowest BCUT2D eigenvalue weighted by atomic mass is 10.0. The summed E-state index contributed by atoms with van der Waals surface area (Å²) in [5.74, 6) is 0.648. The second-order valence-electron chi connectivity index (χ2n) is 6.18. The molecule has 3 heterocycles. The molecule has 3 aromatic rings. The minimum Gasteiger partial charge on any atom is -0.462 e. The van der Waals surface area contributed by atoms with Gasteiger partial charge in [0.05, 0.1) is 23.7 Å². The van der Waals surface area contributed by atoms with Crippen LogP contribution >= 0.6 is 11.8 Å². The topological polar surface area (TPSA) is 44.1 Å².